The molecule has 3 aliphatic heterocycles. The molecule has 6 rings (SSSR count). The molecule has 0 spiro atoms. The first kappa shape index (κ1) is 23.6. The molecule has 2 saturated heterocycles. The molecule has 2 aromatic rings. The van der Waals surface area contributed by atoms with E-state index < -0.39 is 0 Å². The van der Waals surface area contributed by atoms with Gasteiger partial charge in [0.2, 0.25) is 0 Å². The predicted molar refractivity (Wildman–Crippen MR) is 145 cm³/mol. The lowest BCUT2D eigenvalue weighted by Gasteiger charge is -2.30. The van der Waals surface area contributed by atoms with Crippen molar-refractivity contribution < 1.29 is 9.53 Å². The molecule has 3 heterocycles. The normalized spacial score (nSPS) is 27.3. The minimum absolute atomic E-state index is 0.0502. The van der Waals surface area contributed by atoms with Gasteiger partial charge < -0.3 is 14.5 Å². The van der Waals surface area contributed by atoms with Gasteiger partial charge in [0.05, 0.1) is 23.4 Å². The molecule has 5 nitrogen and oxygen atoms in total. The first-order chi connectivity index (χ1) is 17.5. The Kier molecular flexibility index (Phi) is 6.09. The highest BCUT2D eigenvalue weighted by Gasteiger charge is 2.57. The van der Waals surface area contributed by atoms with E-state index >= 15 is 0 Å². The number of hydrogen-bond donors (Lipinski definition) is 0. The quantitative estimate of drug-likeness (QED) is 0.540. The van der Waals surface area contributed by atoms with Gasteiger partial charge in [-0.1, -0.05) is 42.0 Å². The van der Waals surface area contributed by atoms with Crippen LogP contribution in [0.2, 0.25) is 5.02 Å². The summed E-state index contributed by atoms with van der Waals surface area (Å²) in [7, 11) is 3.89. The van der Waals surface area contributed by atoms with Crippen LogP contribution in [0.1, 0.15) is 40.2 Å². The van der Waals surface area contributed by atoms with Crippen molar-refractivity contribution in [3.05, 3.63) is 82.0 Å². The van der Waals surface area contributed by atoms with Crippen molar-refractivity contribution in [3.8, 4) is 5.75 Å². The molecule has 1 aliphatic carbocycles. The SMILES string of the molecule is COc1ccc(C2C3CN(C(=O)c4ccc(C)c(N5C=C(C6CCCN6C)C=CC5)c4Cl)CC32)cc1. The van der Waals surface area contributed by atoms with E-state index in [2.05, 4.69) is 54.3 Å². The van der Waals surface area contributed by atoms with Gasteiger partial charge in [-0.05, 0) is 86.0 Å². The topological polar surface area (TPSA) is 36.0 Å². The first-order valence-electron chi connectivity index (χ1n) is 13.0. The van der Waals surface area contributed by atoms with Crippen LogP contribution in [0.5, 0.6) is 5.75 Å². The lowest BCUT2D eigenvalue weighted by Crippen LogP contribution is -2.32. The zero-order chi connectivity index (χ0) is 25.0. The average molecular weight is 504 g/mol. The smallest absolute Gasteiger partial charge is 0.255 e. The van der Waals surface area contributed by atoms with Crippen molar-refractivity contribution in [2.75, 3.05) is 45.2 Å². The Morgan fingerprint density at radius 3 is 2.50 bits per heavy atom. The van der Waals surface area contributed by atoms with Crippen molar-refractivity contribution in [1.82, 2.24) is 9.80 Å². The Bertz CT molecular complexity index is 1230. The van der Waals surface area contributed by atoms with Crippen LogP contribution < -0.4 is 9.64 Å². The van der Waals surface area contributed by atoms with Crippen LogP contribution in [0.4, 0.5) is 5.69 Å². The van der Waals surface area contributed by atoms with E-state index in [0.29, 0.717) is 34.4 Å². The second-order valence-electron chi connectivity index (χ2n) is 10.8. The summed E-state index contributed by atoms with van der Waals surface area (Å²) in [5.74, 6) is 2.54. The number of carbonyl (C=O) groups is 1. The first-order valence-corrected chi connectivity index (χ1v) is 13.4. The number of likely N-dealkylation sites (N-methyl/N-ethyl adjacent to an activating group) is 1. The second kappa shape index (κ2) is 9.28. The van der Waals surface area contributed by atoms with Crippen LogP contribution >= 0.6 is 11.6 Å². The van der Waals surface area contributed by atoms with Crippen LogP contribution in [-0.2, 0) is 0 Å². The molecule has 3 atom stereocenters. The van der Waals surface area contributed by atoms with Crippen molar-refractivity contribution in [2.24, 2.45) is 11.8 Å². The van der Waals surface area contributed by atoms with Gasteiger partial charge in [0.15, 0.2) is 0 Å². The highest BCUT2D eigenvalue weighted by atomic mass is 35.5. The molecule has 0 bridgehead atoms. The number of nitrogens with zero attached hydrogens (tertiary/aromatic N) is 3. The summed E-state index contributed by atoms with van der Waals surface area (Å²) in [5, 5.41) is 0.568. The Hall–Kier alpha value is -2.76. The summed E-state index contributed by atoms with van der Waals surface area (Å²) in [6.45, 7) is 5.56. The maximum atomic E-state index is 13.6. The number of fused-ring (bicyclic) bond motifs is 1. The highest BCUT2D eigenvalue weighted by molar-refractivity contribution is 6.36. The average Bonchev–Trinajstić information content (AvgIpc) is 3.18. The fourth-order valence-electron chi connectivity index (χ4n) is 6.62. The molecule has 0 aromatic heterocycles. The third-order valence-corrected chi connectivity index (χ3v) is 9.02. The molecule has 1 amide bonds. The molecule has 1 saturated carbocycles. The number of methoxy groups -OCH3 is 1. The zero-order valence-corrected chi connectivity index (χ0v) is 22.0. The fourth-order valence-corrected chi connectivity index (χ4v) is 7.03. The third kappa shape index (κ3) is 4.03. The number of ether oxygens (including phenoxy) is 1. The van der Waals surface area contributed by atoms with Gasteiger partial charge >= 0.3 is 0 Å². The molecular formula is C30H34ClN3O2. The molecule has 36 heavy (non-hydrogen) atoms. The maximum Gasteiger partial charge on any atom is 0.255 e. The van der Waals surface area contributed by atoms with E-state index in [0.717, 1.165) is 43.2 Å². The van der Waals surface area contributed by atoms with Gasteiger partial charge in [0.25, 0.3) is 5.91 Å². The highest BCUT2D eigenvalue weighted by Crippen LogP contribution is 2.58. The van der Waals surface area contributed by atoms with Crippen LogP contribution in [0.15, 0.2) is 60.3 Å². The van der Waals surface area contributed by atoms with Gasteiger partial charge in [-0.3, -0.25) is 9.69 Å². The van der Waals surface area contributed by atoms with Crippen LogP contribution in [-0.4, -0.2) is 62.1 Å². The lowest BCUT2D eigenvalue weighted by atomic mass is 10.0. The van der Waals surface area contributed by atoms with Gasteiger partial charge in [0.1, 0.15) is 5.75 Å². The number of halogens is 1. The molecular weight excluding hydrogens is 470 g/mol. The molecule has 3 fully saturated rings. The zero-order valence-electron chi connectivity index (χ0n) is 21.3. The summed E-state index contributed by atoms with van der Waals surface area (Å²) in [5.41, 5.74) is 5.32. The van der Waals surface area contributed by atoms with Gasteiger partial charge in [-0.25, -0.2) is 0 Å². The minimum atomic E-state index is 0.0502. The summed E-state index contributed by atoms with van der Waals surface area (Å²) in [4.78, 5) is 20.2. The third-order valence-electron chi connectivity index (χ3n) is 8.64. The van der Waals surface area contributed by atoms with Gasteiger partial charge in [-0.15, -0.1) is 0 Å². The molecule has 3 unspecified atom stereocenters. The van der Waals surface area contributed by atoms with Crippen molar-refractivity contribution in [3.63, 3.8) is 0 Å². The molecule has 4 aliphatic rings. The number of anilines is 1. The van der Waals surface area contributed by atoms with Crippen molar-refractivity contribution in [1.29, 1.82) is 0 Å². The number of likely N-dealkylation sites (tertiary alicyclic amines) is 2. The lowest BCUT2D eigenvalue weighted by molar-refractivity contribution is 0.0773. The van der Waals surface area contributed by atoms with Crippen LogP contribution in [0.3, 0.4) is 0 Å². The fraction of sp³-hybridized carbons (Fsp3) is 0.433. The maximum absolute atomic E-state index is 13.6. The number of amides is 1. The standard InChI is InChI=1S/C30H34ClN3O2/c1-19-8-13-23(28(31)29(19)33-15-4-6-21(16-33)26-7-5-14-32(26)2)30(35)34-17-24-25(18-34)27(24)20-9-11-22(36-3)12-10-20/h4,6,8-13,16,24-27H,5,7,14-15,17-18H2,1-3H3. The molecule has 0 N–H and O–H groups in total. The van der Waals surface area contributed by atoms with Gasteiger partial charge in [0, 0.05) is 31.9 Å². The summed E-state index contributed by atoms with van der Waals surface area (Å²) in [6, 6.07) is 12.8. The van der Waals surface area contributed by atoms with E-state index in [9.17, 15) is 4.79 Å². The Labute approximate surface area is 219 Å². The predicted octanol–water partition coefficient (Wildman–Crippen LogP) is 5.50. The number of piperidine rings is 1. The van der Waals surface area contributed by atoms with Crippen molar-refractivity contribution in [2.45, 2.75) is 31.7 Å². The van der Waals surface area contributed by atoms with E-state index in [4.69, 9.17) is 16.3 Å². The van der Waals surface area contributed by atoms with Crippen molar-refractivity contribution >= 4 is 23.2 Å². The summed E-state index contributed by atoms with van der Waals surface area (Å²) in [6.07, 6.45) is 9.10. The minimum Gasteiger partial charge on any atom is -0.497 e. The van der Waals surface area contributed by atoms with Crippen LogP contribution in [0, 0.1) is 18.8 Å². The van der Waals surface area contributed by atoms with Gasteiger partial charge in [-0.2, -0.15) is 0 Å². The monoisotopic (exact) mass is 503 g/mol. The largest absolute Gasteiger partial charge is 0.497 e. The Balaban J connectivity index is 1.19. The Morgan fingerprint density at radius 2 is 1.83 bits per heavy atom. The number of rotatable bonds is 5. The second-order valence-corrected chi connectivity index (χ2v) is 11.1. The van der Waals surface area contributed by atoms with E-state index in [1.807, 2.05) is 29.2 Å². The van der Waals surface area contributed by atoms with E-state index in [1.165, 1.54) is 24.0 Å². The molecule has 2 aromatic carbocycles. The van der Waals surface area contributed by atoms with E-state index in [-0.39, 0.29) is 5.91 Å². The van der Waals surface area contributed by atoms with Crippen LogP contribution in [0.25, 0.3) is 0 Å². The number of carbonyl (C=O) groups excluding carboxylic acids is 1. The number of hydrogen-bond acceptors (Lipinski definition) is 4. The molecule has 188 valence electrons. The summed E-state index contributed by atoms with van der Waals surface area (Å²) >= 11 is 6.99. The molecule has 6 heteroatoms. The molecule has 0 radical (unpaired) electrons. The Morgan fingerprint density at radius 1 is 1.08 bits per heavy atom. The van der Waals surface area contributed by atoms with E-state index in [1.54, 1.807) is 7.11 Å². The summed E-state index contributed by atoms with van der Waals surface area (Å²) < 4.78 is 5.29. The number of aryl methyl sites for hydroxylation is 1. The number of benzene rings is 2.